The van der Waals surface area contributed by atoms with E-state index in [4.69, 9.17) is 33.2 Å². The lowest BCUT2D eigenvalue weighted by Gasteiger charge is -2.43. The molecule has 5 aliphatic rings. The van der Waals surface area contributed by atoms with Gasteiger partial charge in [0.15, 0.2) is 5.78 Å². The van der Waals surface area contributed by atoms with Gasteiger partial charge in [-0.1, -0.05) is 71.1 Å². The highest BCUT2D eigenvalue weighted by Gasteiger charge is 2.53. The zero-order valence-corrected chi connectivity index (χ0v) is 56.9. The van der Waals surface area contributed by atoms with E-state index in [9.17, 15) is 39.0 Å². The van der Waals surface area contributed by atoms with Crippen LogP contribution < -0.4 is 15.1 Å². The zero-order chi connectivity index (χ0) is 67.5. The first-order chi connectivity index (χ1) is 44.5. The molecule has 1 saturated carbocycles. The van der Waals surface area contributed by atoms with Crippen molar-refractivity contribution in [2.24, 2.45) is 35.5 Å². The summed E-state index contributed by atoms with van der Waals surface area (Å²) in [6.07, 6.45) is 18.5. The number of hydrogen-bond acceptors (Lipinski definition) is 21. The Labute approximate surface area is 549 Å². The number of ether oxygens (including phenoxy) is 7. The molecule has 7 rings (SSSR count). The Balaban J connectivity index is 1.03. The van der Waals surface area contributed by atoms with Crippen molar-refractivity contribution in [3.05, 3.63) is 83.5 Å². The Bertz CT molecular complexity index is 2920. The van der Waals surface area contributed by atoms with Gasteiger partial charge in [-0.2, -0.15) is 0 Å². The van der Waals surface area contributed by atoms with Gasteiger partial charge in [-0.3, -0.25) is 24.0 Å². The summed E-state index contributed by atoms with van der Waals surface area (Å²) in [5, 5.41) is 26.7. The predicted octanol–water partition coefficient (Wildman–Crippen LogP) is 7.47. The fraction of sp³-hybridized carbons (Fsp3) is 0.686. The van der Waals surface area contributed by atoms with Gasteiger partial charge in [-0.25, -0.2) is 24.7 Å². The summed E-state index contributed by atoms with van der Waals surface area (Å²) in [6, 6.07) is -1.13. The smallest absolute Gasteiger partial charge is 0.329 e. The van der Waals surface area contributed by atoms with Crippen LogP contribution in [0.25, 0.3) is 0 Å². The fourth-order valence-corrected chi connectivity index (χ4v) is 13.8. The van der Waals surface area contributed by atoms with E-state index in [2.05, 4.69) is 35.1 Å². The maximum Gasteiger partial charge on any atom is 0.329 e. The third-order valence-corrected chi connectivity index (χ3v) is 19.6. The van der Waals surface area contributed by atoms with E-state index < -0.39 is 90.2 Å². The fourth-order valence-electron chi connectivity index (χ4n) is 13.8. The van der Waals surface area contributed by atoms with E-state index in [0.717, 1.165) is 11.1 Å². The number of hydrogen-bond donors (Lipinski definition) is 3. The van der Waals surface area contributed by atoms with Crippen LogP contribution in [0.15, 0.2) is 72.4 Å². The first-order valence-electron chi connectivity index (χ1n) is 33.6. The number of cyclic esters (lactones) is 1. The van der Waals surface area contributed by atoms with Crippen LogP contribution in [0.3, 0.4) is 0 Å². The topological polar surface area (TPSA) is 281 Å². The number of aryl methyl sites for hydroxylation is 1. The quantitative estimate of drug-likeness (QED) is 0.0885. The SMILES string of the molecule is CCNC(=O)c1cnc(N2CCN(c3ncc(CCC(=O)O[C@@H]4CC[C@@H](C[C@@H](C)[C@@H]5C[C@@H](OC)[C@H](C)/C=C(\C)[C@@H](O)[C@@H](OC)C(=O)[C@H](C)C[C@H](C)/C=C/C=C/C=C(\C)[C@@H](OC)C[C@@H]6CC[C@@H](C)[C@@](O)(O6)C(=O)C(=O)N6CCCC[C@H]6C(=O)O5)C[C@H]4OC)cn3)CC2)nc1. The van der Waals surface area contributed by atoms with Crippen molar-refractivity contribution in [1.82, 2.24) is 30.2 Å². The van der Waals surface area contributed by atoms with Crippen molar-refractivity contribution in [2.75, 3.05) is 77.5 Å². The number of aliphatic hydroxyl groups excluding tert-OH is 1. The van der Waals surface area contributed by atoms with Crippen LogP contribution in [0, 0.1) is 35.5 Å². The molecule has 6 heterocycles. The number of piperazine rings is 1. The number of piperidine rings is 1. The minimum atomic E-state index is -2.45. The Kier molecular flexibility index (Phi) is 28.2. The molecule has 0 unspecified atom stereocenters. The molecule has 3 saturated heterocycles. The van der Waals surface area contributed by atoms with E-state index in [0.29, 0.717) is 126 Å². The number of Topliss-reactive ketones (excluding diaryl/α,β-unsaturated/α-hetero) is 2. The molecule has 2 amide bonds. The van der Waals surface area contributed by atoms with Crippen LogP contribution in [-0.4, -0.2) is 199 Å². The van der Waals surface area contributed by atoms with Crippen LogP contribution in [-0.2, 0) is 63.6 Å². The van der Waals surface area contributed by atoms with Gasteiger partial charge in [0.25, 0.3) is 17.6 Å². The molecule has 93 heavy (non-hydrogen) atoms. The van der Waals surface area contributed by atoms with E-state index in [1.807, 2.05) is 78.0 Å². The molecule has 23 nitrogen and oxygen atoms in total. The third-order valence-electron chi connectivity index (χ3n) is 19.6. The van der Waals surface area contributed by atoms with Crippen molar-refractivity contribution >= 4 is 47.2 Å². The average Bonchev–Trinajstić information content (AvgIpc) is 0.785. The number of ketones is 2. The Morgan fingerprint density at radius 1 is 0.753 bits per heavy atom. The van der Waals surface area contributed by atoms with Crippen LogP contribution in [0.2, 0.25) is 0 Å². The first kappa shape index (κ1) is 74.1. The van der Waals surface area contributed by atoms with Gasteiger partial charge in [-0.05, 0) is 126 Å². The predicted molar refractivity (Wildman–Crippen MR) is 350 cm³/mol. The second-order valence-corrected chi connectivity index (χ2v) is 26.5. The number of carbonyl (C=O) groups is 6. The Morgan fingerprint density at radius 2 is 1.42 bits per heavy atom. The summed E-state index contributed by atoms with van der Waals surface area (Å²) in [4.78, 5) is 107. The van der Waals surface area contributed by atoms with Crippen LogP contribution >= 0.6 is 0 Å². The van der Waals surface area contributed by atoms with Gasteiger partial charge in [-0.15, -0.1) is 0 Å². The number of rotatable bonds is 15. The van der Waals surface area contributed by atoms with Crippen LogP contribution in [0.1, 0.15) is 155 Å². The van der Waals surface area contributed by atoms with Gasteiger partial charge in [0.05, 0.1) is 30.0 Å². The van der Waals surface area contributed by atoms with E-state index in [1.54, 1.807) is 47.6 Å². The highest BCUT2D eigenvalue weighted by atomic mass is 16.6. The molecule has 16 atom stereocenters. The summed E-state index contributed by atoms with van der Waals surface area (Å²) >= 11 is 0. The lowest BCUT2D eigenvalue weighted by molar-refractivity contribution is -0.265. The maximum atomic E-state index is 14.9. The molecule has 3 N–H and O–H groups in total. The molecule has 0 radical (unpaired) electrons. The van der Waals surface area contributed by atoms with Crippen molar-refractivity contribution in [3.63, 3.8) is 0 Å². The average molecular weight is 1300 g/mol. The highest BCUT2D eigenvalue weighted by molar-refractivity contribution is 6.39. The van der Waals surface area contributed by atoms with Gasteiger partial charge < -0.3 is 63.4 Å². The molecule has 2 bridgehead atoms. The summed E-state index contributed by atoms with van der Waals surface area (Å²) in [5.74, 6) is -6.66. The number of fused-ring (bicyclic) bond motifs is 3. The molecular weight excluding hydrogens is 1190 g/mol. The van der Waals surface area contributed by atoms with Crippen molar-refractivity contribution in [3.8, 4) is 0 Å². The number of carbonyl (C=O) groups excluding carboxylic acids is 6. The molecule has 0 aromatic carbocycles. The molecule has 4 aliphatic heterocycles. The van der Waals surface area contributed by atoms with Crippen molar-refractivity contribution in [2.45, 2.75) is 206 Å². The van der Waals surface area contributed by atoms with Crippen molar-refractivity contribution < 1.29 is 72.1 Å². The van der Waals surface area contributed by atoms with E-state index in [-0.39, 0.29) is 67.1 Å². The zero-order valence-electron chi connectivity index (χ0n) is 56.9. The van der Waals surface area contributed by atoms with Crippen molar-refractivity contribution in [1.29, 1.82) is 0 Å². The summed E-state index contributed by atoms with van der Waals surface area (Å²) in [7, 11) is 6.19. The first-order valence-corrected chi connectivity index (χ1v) is 33.6. The lowest BCUT2D eigenvalue weighted by atomic mass is 9.78. The van der Waals surface area contributed by atoms with Gasteiger partial charge >= 0.3 is 11.9 Å². The maximum absolute atomic E-state index is 14.9. The third kappa shape index (κ3) is 19.9. The summed E-state index contributed by atoms with van der Waals surface area (Å²) < 4.78 is 42.8. The molecule has 23 heteroatoms. The number of anilines is 2. The number of nitrogens with zero attached hydrogens (tertiary/aromatic N) is 7. The van der Waals surface area contributed by atoms with Crippen LogP contribution in [0.5, 0.6) is 0 Å². The number of aliphatic hydroxyl groups is 2. The van der Waals surface area contributed by atoms with E-state index in [1.165, 1.54) is 24.4 Å². The van der Waals surface area contributed by atoms with Crippen LogP contribution in [0.4, 0.5) is 11.9 Å². The standard InChI is InChI=1S/C70H104N8O15/c1-13-71-65(83)52-41-74-69(75-42-52)77-31-29-76(30-32-77)68-72-39-51(40-73-68)24-27-60(79)91-55-26-23-50(36-59(55)89-11)35-46(5)58-38-57(88-10)45(4)34-48(7)62(81)63(90-12)61(80)47(6)33-43(2)19-15-14-16-20-44(3)56(87-9)37-53-25-22-49(8)70(86,93-53)64(82)66(84)78-28-18-17-21-54(78)67(85)92-58/h14-16,19-20,34,39-43,45-47,49-50,53-59,62-63,81,86H,13,17-18,21-33,35-38H2,1-12H3,(H,71,83)/b16-14+,19-15+,44-20+,48-34+/t43-,45-,46-,47-,49-,50+,53+,54+,55-,56+,57-,58+,59-,62-,63+,70-/m1/s1. The molecule has 2 aromatic rings. The number of aromatic nitrogens is 4. The second-order valence-electron chi connectivity index (χ2n) is 26.5. The van der Waals surface area contributed by atoms with Gasteiger partial charge in [0, 0.05) is 130 Å². The minimum absolute atomic E-state index is 0.0170. The number of esters is 2. The monoisotopic (exact) mass is 1300 g/mol. The molecule has 0 spiro atoms. The molecule has 4 fully saturated rings. The summed E-state index contributed by atoms with van der Waals surface area (Å²) in [6.45, 7) is 18.2. The molecule has 2 aromatic heterocycles. The number of nitrogens with one attached hydrogen (secondary N) is 1. The normalized spacial score (nSPS) is 33.4. The number of allylic oxidation sites excluding steroid dienone is 5. The van der Waals surface area contributed by atoms with Gasteiger partial charge in [0.1, 0.15) is 30.5 Å². The molecule has 1 aliphatic carbocycles. The largest absolute Gasteiger partial charge is 0.460 e. The molecular formula is C70H104N8O15. The Hall–Kier alpha value is -6.34. The van der Waals surface area contributed by atoms with E-state index >= 15 is 0 Å². The van der Waals surface area contributed by atoms with Gasteiger partial charge in [0.2, 0.25) is 17.7 Å². The highest BCUT2D eigenvalue weighted by Crippen LogP contribution is 2.39. The second kappa shape index (κ2) is 35.4. The number of methoxy groups -OCH3 is 4. The lowest BCUT2D eigenvalue weighted by Crippen LogP contribution is -2.61. The minimum Gasteiger partial charge on any atom is -0.460 e. The Morgan fingerprint density at radius 3 is 2.05 bits per heavy atom. The molecule has 514 valence electrons. The summed E-state index contributed by atoms with van der Waals surface area (Å²) in [5.41, 5.74) is 2.59. The number of amides is 2.